The van der Waals surface area contributed by atoms with Crippen LogP contribution < -0.4 is 5.32 Å². The van der Waals surface area contributed by atoms with E-state index in [4.69, 9.17) is 9.84 Å². The van der Waals surface area contributed by atoms with Crippen molar-refractivity contribution < 1.29 is 14.6 Å². The van der Waals surface area contributed by atoms with Crippen LogP contribution in [0.3, 0.4) is 0 Å². The molecule has 14 heavy (non-hydrogen) atoms. The van der Waals surface area contributed by atoms with Crippen molar-refractivity contribution in [2.45, 2.75) is 12.5 Å². The van der Waals surface area contributed by atoms with E-state index < -0.39 is 0 Å². The van der Waals surface area contributed by atoms with E-state index in [0.29, 0.717) is 19.6 Å². The number of rotatable bonds is 4. The molecular formula is C9H18N2O3. The first kappa shape index (κ1) is 11.4. The molecule has 0 aromatic rings. The number of aliphatic hydroxyl groups is 1. The van der Waals surface area contributed by atoms with Crippen LogP contribution in [0.2, 0.25) is 0 Å². The molecule has 5 nitrogen and oxygen atoms in total. The Morgan fingerprint density at radius 1 is 1.71 bits per heavy atom. The van der Waals surface area contributed by atoms with Crippen LogP contribution >= 0.6 is 0 Å². The van der Waals surface area contributed by atoms with Crippen molar-refractivity contribution in [3.63, 3.8) is 0 Å². The van der Waals surface area contributed by atoms with Gasteiger partial charge in [0.2, 0.25) is 5.91 Å². The fourth-order valence-corrected chi connectivity index (χ4v) is 1.39. The van der Waals surface area contributed by atoms with Gasteiger partial charge in [0, 0.05) is 32.6 Å². The third-order valence-electron chi connectivity index (χ3n) is 2.28. The number of carbonyl (C=O) groups is 1. The zero-order valence-corrected chi connectivity index (χ0v) is 8.53. The fourth-order valence-electron chi connectivity index (χ4n) is 1.39. The molecule has 0 aliphatic carbocycles. The summed E-state index contributed by atoms with van der Waals surface area (Å²) in [4.78, 5) is 13.1. The zero-order chi connectivity index (χ0) is 10.4. The summed E-state index contributed by atoms with van der Waals surface area (Å²) in [5, 5.41) is 11.9. The van der Waals surface area contributed by atoms with Gasteiger partial charge in [0.25, 0.3) is 0 Å². The van der Waals surface area contributed by atoms with Gasteiger partial charge in [-0.3, -0.25) is 4.79 Å². The molecule has 82 valence electrons. The molecule has 5 heteroatoms. The highest BCUT2D eigenvalue weighted by molar-refractivity contribution is 5.76. The molecule has 1 aliphatic heterocycles. The third kappa shape index (κ3) is 3.61. The van der Waals surface area contributed by atoms with Crippen molar-refractivity contribution in [3.8, 4) is 0 Å². The van der Waals surface area contributed by atoms with Crippen LogP contribution in [-0.2, 0) is 9.53 Å². The predicted octanol–water partition coefficient (Wildman–Crippen LogP) is -1.18. The summed E-state index contributed by atoms with van der Waals surface area (Å²) in [5.41, 5.74) is 0. The smallest absolute Gasteiger partial charge is 0.224 e. The molecule has 1 amide bonds. The number of nitrogens with one attached hydrogen (secondary N) is 1. The molecule has 1 unspecified atom stereocenters. The summed E-state index contributed by atoms with van der Waals surface area (Å²) >= 11 is 0. The summed E-state index contributed by atoms with van der Waals surface area (Å²) in [7, 11) is 1.70. The molecule has 0 radical (unpaired) electrons. The number of hydrogen-bond donors (Lipinski definition) is 2. The van der Waals surface area contributed by atoms with Gasteiger partial charge in [0.15, 0.2) is 0 Å². The monoisotopic (exact) mass is 202 g/mol. The number of hydrogen-bond acceptors (Lipinski definition) is 4. The van der Waals surface area contributed by atoms with Crippen LogP contribution in [0.4, 0.5) is 0 Å². The molecule has 1 aliphatic rings. The van der Waals surface area contributed by atoms with Crippen molar-refractivity contribution in [2.75, 3.05) is 40.0 Å². The van der Waals surface area contributed by atoms with Crippen LogP contribution in [0.1, 0.15) is 6.42 Å². The standard InChI is InChI=1S/C9H18N2O3/c1-11(3-4-12)9(13)6-8-7-14-5-2-10-8/h8,10,12H,2-7H2,1H3. The van der Waals surface area contributed by atoms with Crippen LogP contribution in [0.25, 0.3) is 0 Å². The normalized spacial score (nSPS) is 22.0. The number of likely N-dealkylation sites (N-methyl/N-ethyl adjacent to an activating group) is 1. The Kier molecular flexibility index (Phi) is 4.86. The number of aliphatic hydroxyl groups excluding tert-OH is 1. The van der Waals surface area contributed by atoms with Gasteiger partial charge in [-0.05, 0) is 0 Å². The van der Waals surface area contributed by atoms with Crippen LogP contribution in [0.5, 0.6) is 0 Å². The first-order valence-corrected chi connectivity index (χ1v) is 4.90. The highest BCUT2D eigenvalue weighted by atomic mass is 16.5. The maximum Gasteiger partial charge on any atom is 0.224 e. The molecule has 0 aromatic heterocycles. The highest BCUT2D eigenvalue weighted by Gasteiger charge is 2.18. The van der Waals surface area contributed by atoms with Gasteiger partial charge in [0.05, 0.1) is 19.8 Å². The average Bonchev–Trinajstić information content (AvgIpc) is 2.19. The second-order valence-electron chi connectivity index (χ2n) is 3.47. The molecule has 0 saturated carbocycles. The number of morpholine rings is 1. The summed E-state index contributed by atoms with van der Waals surface area (Å²) in [5.74, 6) is 0.0436. The van der Waals surface area contributed by atoms with E-state index in [2.05, 4.69) is 5.32 Å². The Hall–Kier alpha value is -0.650. The zero-order valence-electron chi connectivity index (χ0n) is 8.53. The van der Waals surface area contributed by atoms with E-state index in [0.717, 1.165) is 13.2 Å². The van der Waals surface area contributed by atoms with Crippen molar-refractivity contribution in [2.24, 2.45) is 0 Å². The van der Waals surface area contributed by atoms with Crippen molar-refractivity contribution in [3.05, 3.63) is 0 Å². The Labute approximate surface area is 84.0 Å². The van der Waals surface area contributed by atoms with Crippen LogP contribution in [-0.4, -0.2) is 61.9 Å². The lowest BCUT2D eigenvalue weighted by atomic mass is 10.2. The summed E-state index contributed by atoms with van der Waals surface area (Å²) < 4.78 is 5.24. The average molecular weight is 202 g/mol. The number of carbonyl (C=O) groups excluding carboxylic acids is 1. The molecule has 0 spiro atoms. The summed E-state index contributed by atoms with van der Waals surface area (Å²) in [6.07, 6.45) is 0.441. The lowest BCUT2D eigenvalue weighted by molar-refractivity contribution is -0.131. The molecule has 1 rings (SSSR count). The molecule has 0 bridgehead atoms. The van der Waals surface area contributed by atoms with Gasteiger partial charge < -0.3 is 20.1 Å². The molecule has 1 fully saturated rings. The van der Waals surface area contributed by atoms with Gasteiger partial charge in [-0.2, -0.15) is 0 Å². The Balaban J connectivity index is 2.24. The molecule has 2 N–H and O–H groups in total. The van der Waals surface area contributed by atoms with Crippen LogP contribution in [0.15, 0.2) is 0 Å². The Morgan fingerprint density at radius 3 is 3.07 bits per heavy atom. The molecule has 1 heterocycles. The van der Waals surface area contributed by atoms with E-state index >= 15 is 0 Å². The minimum Gasteiger partial charge on any atom is -0.395 e. The maximum atomic E-state index is 11.5. The third-order valence-corrected chi connectivity index (χ3v) is 2.28. The van der Waals surface area contributed by atoms with Crippen molar-refractivity contribution in [1.29, 1.82) is 0 Å². The van der Waals surface area contributed by atoms with E-state index in [9.17, 15) is 4.79 Å². The molecule has 0 aromatic carbocycles. The summed E-state index contributed by atoms with van der Waals surface area (Å²) in [6.45, 7) is 2.53. The number of amides is 1. The Bertz CT molecular complexity index is 181. The van der Waals surface area contributed by atoms with Gasteiger partial charge in [-0.15, -0.1) is 0 Å². The second-order valence-corrected chi connectivity index (χ2v) is 3.47. The Morgan fingerprint density at radius 2 is 2.50 bits per heavy atom. The van der Waals surface area contributed by atoms with E-state index in [-0.39, 0.29) is 18.6 Å². The summed E-state index contributed by atoms with van der Waals surface area (Å²) in [6, 6.07) is 0.123. The van der Waals surface area contributed by atoms with Gasteiger partial charge in [0.1, 0.15) is 0 Å². The number of nitrogens with zero attached hydrogens (tertiary/aromatic N) is 1. The van der Waals surface area contributed by atoms with Crippen LogP contribution in [0, 0.1) is 0 Å². The predicted molar refractivity (Wildman–Crippen MR) is 51.9 cm³/mol. The van der Waals surface area contributed by atoms with Gasteiger partial charge >= 0.3 is 0 Å². The SMILES string of the molecule is CN(CCO)C(=O)CC1COCCN1. The first-order chi connectivity index (χ1) is 6.74. The van der Waals surface area contributed by atoms with E-state index in [1.807, 2.05) is 0 Å². The molecule has 1 atom stereocenters. The first-order valence-electron chi connectivity index (χ1n) is 4.90. The minimum absolute atomic E-state index is 0.0107. The lowest BCUT2D eigenvalue weighted by Gasteiger charge is -2.25. The second kappa shape index (κ2) is 5.95. The highest BCUT2D eigenvalue weighted by Crippen LogP contribution is 2.01. The minimum atomic E-state index is 0.0107. The van der Waals surface area contributed by atoms with E-state index in [1.54, 1.807) is 7.05 Å². The van der Waals surface area contributed by atoms with Gasteiger partial charge in [-0.25, -0.2) is 0 Å². The topological polar surface area (TPSA) is 61.8 Å². The maximum absolute atomic E-state index is 11.5. The lowest BCUT2D eigenvalue weighted by Crippen LogP contribution is -2.44. The quantitative estimate of drug-likeness (QED) is 0.602. The molecular weight excluding hydrogens is 184 g/mol. The van der Waals surface area contributed by atoms with Crippen molar-refractivity contribution in [1.82, 2.24) is 10.2 Å². The number of ether oxygens (including phenoxy) is 1. The molecule has 1 saturated heterocycles. The van der Waals surface area contributed by atoms with Gasteiger partial charge in [-0.1, -0.05) is 0 Å². The fraction of sp³-hybridized carbons (Fsp3) is 0.889. The largest absolute Gasteiger partial charge is 0.395 e. The van der Waals surface area contributed by atoms with Crippen molar-refractivity contribution >= 4 is 5.91 Å². The van der Waals surface area contributed by atoms with E-state index in [1.165, 1.54) is 4.90 Å².